The summed E-state index contributed by atoms with van der Waals surface area (Å²) in [6.07, 6.45) is 6.52. The Morgan fingerprint density at radius 2 is 1.88 bits per heavy atom. The molecule has 1 aliphatic heterocycles. The minimum Gasteiger partial charge on any atom is -0.493 e. The van der Waals surface area contributed by atoms with Crippen LogP contribution >= 0.6 is 0 Å². The molecule has 1 aromatic carbocycles. The van der Waals surface area contributed by atoms with Crippen molar-refractivity contribution in [2.75, 3.05) is 40.3 Å². The zero-order valence-electron chi connectivity index (χ0n) is 18.9. The monoisotopic (exact) mass is 440 g/mol. The molecule has 8 heteroatoms. The Morgan fingerprint density at radius 3 is 2.53 bits per heavy atom. The van der Waals surface area contributed by atoms with Crippen LogP contribution in [0, 0.1) is 0 Å². The van der Waals surface area contributed by atoms with Crippen LogP contribution in [-0.2, 0) is 6.54 Å². The molecular weight excluding hydrogens is 408 g/mol. The van der Waals surface area contributed by atoms with Gasteiger partial charge in [-0.2, -0.15) is 0 Å². The Kier molecular flexibility index (Phi) is 7.19. The van der Waals surface area contributed by atoms with Crippen LogP contribution in [0.3, 0.4) is 0 Å². The number of nitrogens with one attached hydrogen (secondary N) is 1. The zero-order chi connectivity index (χ0) is 22.3. The number of guanidine groups is 1. The highest BCUT2D eigenvalue weighted by molar-refractivity contribution is 5.91. The summed E-state index contributed by atoms with van der Waals surface area (Å²) in [4.78, 5) is 20.9. The topological polar surface area (TPSA) is 79.5 Å². The highest BCUT2D eigenvalue weighted by Gasteiger charge is 2.25. The number of nitrogens with zero attached hydrogens (tertiary/aromatic N) is 3. The van der Waals surface area contributed by atoms with Crippen molar-refractivity contribution in [1.82, 2.24) is 15.1 Å². The number of furan rings is 1. The third-order valence-electron chi connectivity index (χ3n) is 6.08. The predicted molar refractivity (Wildman–Crippen MR) is 122 cm³/mol. The number of hydrogen-bond donors (Lipinski definition) is 1. The fraction of sp³-hybridized carbons (Fsp3) is 0.500. The maximum Gasteiger partial charge on any atom is 0.289 e. The first-order valence-electron chi connectivity index (χ1n) is 11.3. The molecule has 0 atom stereocenters. The molecule has 1 N–H and O–H groups in total. The first-order valence-corrected chi connectivity index (χ1v) is 11.3. The fourth-order valence-electron chi connectivity index (χ4n) is 4.30. The highest BCUT2D eigenvalue weighted by atomic mass is 16.5. The van der Waals surface area contributed by atoms with Crippen LogP contribution in [-0.4, -0.2) is 68.1 Å². The SMILES string of the molecule is CN=C(NCc1ccc(OC2CCCC2)c(OC)c1)N1CCN(C(=O)c2ccco2)CC1. The van der Waals surface area contributed by atoms with Crippen LogP contribution in [0.15, 0.2) is 46.0 Å². The lowest BCUT2D eigenvalue weighted by atomic mass is 10.2. The first kappa shape index (κ1) is 22.0. The van der Waals surface area contributed by atoms with Gasteiger partial charge in [0.25, 0.3) is 5.91 Å². The molecule has 0 spiro atoms. The van der Waals surface area contributed by atoms with Crippen molar-refractivity contribution in [1.29, 1.82) is 0 Å². The number of aliphatic imine (C=N–C) groups is 1. The largest absolute Gasteiger partial charge is 0.493 e. The van der Waals surface area contributed by atoms with Gasteiger partial charge in [-0.1, -0.05) is 6.07 Å². The number of carbonyl (C=O) groups is 1. The number of hydrogen-bond acceptors (Lipinski definition) is 5. The summed E-state index contributed by atoms with van der Waals surface area (Å²) < 4.78 is 16.9. The molecule has 8 nitrogen and oxygen atoms in total. The van der Waals surface area contributed by atoms with Crippen molar-refractivity contribution in [3.05, 3.63) is 47.9 Å². The van der Waals surface area contributed by atoms with Crippen molar-refractivity contribution in [3.63, 3.8) is 0 Å². The van der Waals surface area contributed by atoms with Crippen LogP contribution in [0.1, 0.15) is 41.8 Å². The van der Waals surface area contributed by atoms with E-state index in [0.29, 0.717) is 44.6 Å². The Bertz CT molecular complexity index is 914. The van der Waals surface area contributed by atoms with E-state index in [2.05, 4.69) is 21.3 Å². The summed E-state index contributed by atoms with van der Waals surface area (Å²) in [5.41, 5.74) is 1.09. The summed E-state index contributed by atoms with van der Waals surface area (Å²) in [7, 11) is 3.46. The number of carbonyl (C=O) groups excluding carboxylic acids is 1. The third kappa shape index (κ3) is 5.18. The predicted octanol–water partition coefficient (Wildman–Crippen LogP) is 3.14. The molecule has 0 radical (unpaired) electrons. The second-order valence-corrected chi connectivity index (χ2v) is 8.17. The summed E-state index contributed by atoms with van der Waals surface area (Å²) >= 11 is 0. The van der Waals surface area contributed by atoms with Gasteiger partial charge in [-0.15, -0.1) is 0 Å². The molecule has 32 heavy (non-hydrogen) atoms. The number of ether oxygens (including phenoxy) is 2. The van der Waals surface area contributed by atoms with Gasteiger partial charge < -0.3 is 29.0 Å². The van der Waals surface area contributed by atoms with Gasteiger partial charge in [-0.25, -0.2) is 0 Å². The molecule has 172 valence electrons. The maximum atomic E-state index is 12.5. The van der Waals surface area contributed by atoms with Gasteiger partial charge in [0.2, 0.25) is 0 Å². The van der Waals surface area contributed by atoms with Gasteiger partial charge in [0.05, 0.1) is 19.5 Å². The molecule has 1 saturated carbocycles. The van der Waals surface area contributed by atoms with Crippen molar-refractivity contribution < 1.29 is 18.7 Å². The van der Waals surface area contributed by atoms with Gasteiger partial charge in [0.15, 0.2) is 23.2 Å². The van der Waals surface area contributed by atoms with Gasteiger partial charge in [0.1, 0.15) is 0 Å². The Hall–Kier alpha value is -3.16. The first-order chi connectivity index (χ1) is 15.7. The number of benzene rings is 1. The quantitative estimate of drug-likeness (QED) is 0.549. The molecule has 2 fully saturated rings. The van der Waals surface area contributed by atoms with Crippen LogP contribution in [0.5, 0.6) is 11.5 Å². The molecule has 1 amide bonds. The third-order valence-corrected chi connectivity index (χ3v) is 6.08. The fourth-order valence-corrected chi connectivity index (χ4v) is 4.30. The van der Waals surface area contributed by atoms with Crippen molar-refractivity contribution in [2.45, 2.75) is 38.3 Å². The molecule has 2 heterocycles. The van der Waals surface area contributed by atoms with Crippen LogP contribution in [0.25, 0.3) is 0 Å². The molecule has 2 aliphatic rings. The second kappa shape index (κ2) is 10.4. The average Bonchev–Trinajstić information content (AvgIpc) is 3.55. The van der Waals surface area contributed by atoms with Crippen molar-refractivity contribution in [3.8, 4) is 11.5 Å². The zero-order valence-corrected chi connectivity index (χ0v) is 18.9. The van der Waals surface area contributed by atoms with Gasteiger partial charge in [-0.05, 0) is 55.5 Å². The second-order valence-electron chi connectivity index (χ2n) is 8.17. The number of rotatable bonds is 6. The summed E-state index contributed by atoms with van der Waals surface area (Å²) in [5, 5.41) is 3.43. The van der Waals surface area contributed by atoms with E-state index in [1.165, 1.54) is 19.1 Å². The number of methoxy groups -OCH3 is 1. The van der Waals surface area contributed by atoms with E-state index in [1.54, 1.807) is 26.3 Å². The Labute approximate surface area is 189 Å². The van der Waals surface area contributed by atoms with Crippen LogP contribution < -0.4 is 14.8 Å². The standard InChI is InChI=1S/C24H32N4O4/c1-25-24(28-13-11-27(12-14-28)23(29)21-8-5-15-31-21)26-17-18-9-10-20(22(16-18)30-2)32-19-6-3-4-7-19/h5,8-10,15-16,19H,3-4,6-7,11-14,17H2,1-2H3,(H,25,26). The minimum atomic E-state index is -0.0652. The summed E-state index contributed by atoms with van der Waals surface area (Å²) in [5.74, 6) is 2.71. The number of piperazine rings is 1. The number of amides is 1. The van der Waals surface area contributed by atoms with Gasteiger partial charge in [0, 0.05) is 39.8 Å². The maximum absolute atomic E-state index is 12.5. The Morgan fingerprint density at radius 1 is 1.12 bits per heavy atom. The van der Waals surface area contributed by atoms with Crippen LogP contribution in [0.2, 0.25) is 0 Å². The highest BCUT2D eigenvalue weighted by Crippen LogP contribution is 2.32. The molecule has 2 aromatic rings. The molecule has 0 bridgehead atoms. The van der Waals surface area contributed by atoms with Crippen molar-refractivity contribution in [2.24, 2.45) is 4.99 Å². The molecule has 4 rings (SSSR count). The average molecular weight is 441 g/mol. The minimum absolute atomic E-state index is 0.0652. The molecular formula is C24H32N4O4. The Balaban J connectivity index is 1.30. The molecule has 1 aromatic heterocycles. The summed E-state index contributed by atoms with van der Waals surface area (Å²) in [6, 6.07) is 9.51. The lowest BCUT2D eigenvalue weighted by Crippen LogP contribution is -2.53. The normalized spacial score (nSPS) is 17.5. The van der Waals surface area contributed by atoms with E-state index in [-0.39, 0.29) is 5.91 Å². The molecule has 0 unspecified atom stereocenters. The molecule has 1 aliphatic carbocycles. The van der Waals surface area contributed by atoms with Gasteiger partial charge in [-0.3, -0.25) is 9.79 Å². The molecule has 1 saturated heterocycles. The van der Waals surface area contributed by atoms with E-state index in [9.17, 15) is 4.79 Å². The van der Waals surface area contributed by atoms with E-state index in [1.807, 2.05) is 17.0 Å². The van der Waals surface area contributed by atoms with E-state index in [4.69, 9.17) is 13.9 Å². The van der Waals surface area contributed by atoms with Crippen molar-refractivity contribution >= 4 is 11.9 Å². The van der Waals surface area contributed by atoms with Gasteiger partial charge >= 0.3 is 0 Å². The summed E-state index contributed by atoms with van der Waals surface area (Å²) in [6.45, 7) is 3.30. The van der Waals surface area contributed by atoms with E-state index >= 15 is 0 Å². The van der Waals surface area contributed by atoms with E-state index < -0.39 is 0 Å². The lowest BCUT2D eigenvalue weighted by Gasteiger charge is -2.36. The smallest absolute Gasteiger partial charge is 0.289 e. The lowest BCUT2D eigenvalue weighted by molar-refractivity contribution is 0.0657. The van der Waals surface area contributed by atoms with Crippen LogP contribution in [0.4, 0.5) is 0 Å². The van der Waals surface area contributed by atoms with E-state index in [0.717, 1.165) is 35.9 Å².